The Morgan fingerprint density at radius 3 is 2.35 bits per heavy atom. The summed E-state index contributed by atoms with van der Waals surface area (Å²) in [4.78, 5) is 11.9. The van der Waals surface area contributed by atoms with Crippen molar-refractivity contribution in [1.29, 1.82) is 0 Å². The van der Waals surface area contributed by atoms with E-state index in [-0.39, 0.29) is 12.5 Å². The summed E-state index contributed by atoms with van der Waals surface area (Å²) in [5, 5.41) is 7.00. The lowest BCUT2D eigenvalue weighted by molar-refractivity contribution is -0.119. The molecule has 9 heteroatoms. The van der Waals surface area contributed by atoms with Gasteiger partial charge in [0.1, 0.15) is 0 Å². The van der Waals surface area contributed by atoms with Gasteiger partial charge in [-0.15, -0.1) is 0 Å². The first-order valence-corrected chi connectivity index (χ1v) is 9.75. The molecule has 0 aliphatic heterocycles. The van der Waals surface area contributed by atoms with Gasteiger partial charge in [-0.2, -0.15) is 5.10 Å². The number of carbonyl (C=O) groups excluding carboxylic acids is 1. The normalized spacial score (nSPS) is 10.7. The lowest BCUT2D eigenvalue weighted by atomic mass is 10.2. The summed E-state index contributed by atoms with van der Waals surface area (Å²) in [6, 6.07) is 9.13. The smallest absolute Gasteiger partial charge is 0.259 e. The number of nitrogens with zero attached hydrogens (tertiary/aromatic N) is 1. The Hall–Kier alpha value is -1.58. The van der Waals surface area contributed by atoms with Gasteiger partial charge in [-0.3, -0.25) is 4.79 Å². The summed E-state index contributed by atoms with van der Waals surface area (Å²) in [5.41, 5.74) is 4.03. The summed E-state index contributed by atoms with van der Waals surface area (Å²) in [5.74, 6) is 0.946. The number of halogens is 3. The minimum Gasteiger partial charge on any atom is -0.493 e. The van der Waals surface area contributed by atoms with Crippen molar-refractivity contribution in [3.05, 3.63) is 49.3 Å². The van der Waals surface area contributed by atoms with E-state index in [4.69, 9.17) is 9.47 Å². The predicted octanol–water partition coefficient (Wildman–Crippen LogP) is 4.55. The van der Waals surface area contributed by atoms with Crippen LogP contribution in [0, 0.1) is 0 Å². The third-order valence-corrected chi connectivity index (χ3v) is 4.95. The van der Waals surface area contributed by atoms with Crippen molar-refractivity contribution in [2.24, 2.45) is 5.10 Å². The SMILES string of the molecule is COc1ccc(/C=N/NC(=O)CNc2c(Br)cc(Br)cc2Br)cc1OC. The van der Waals surface area contributed by atoms with Gasteiger partial charge in [-0.05, 0) is 67.8 Å². The second-order valence-electron chi connectivity index (χ2n) is 5.01. The number of amides is 1. The number of anilines is 1. The van der Waals surface area contributed by atoms with E-state index in [1.807, 2.05) is 18.2 Å². The molecule has 0 aliphatic rings. The molecule has 0 bridgehead atoms. The Labute approximate surface area is 176 Å². The monoisotopic (exact) mass is 547 g/mol. The van der Waals surface area contributed by atoms with Crippen molar-refractivity contribution in [1.82, 2.24) is 5.43 Å². The Balaban J connectivity index is 1.92. The number of hydrazone groups is 1. The first-order valence-electron chi connectivity index (χ1n) is 7.37. The molecule has 1 amide bonds. The fourth-order valence-corrected chi connectivity index (χ4v) is 4.57. The number of carbonyl (C=O) groups is 1. The molecule has 26 heavy (non-hydrogen) atoms. The van der Waals surface area contributed by atoms with Gasteiger partial charge in [0.05, 0.1) is 32.7 Å². The highest BCUT2D eigenvalue weighted by atomic mass is 79.9. The van der Waals surface area contributed by atoms with E-state index >= 15 is 0 Å². The average molecular weight is 550 g/mol. The lowest BCUT2D eigenvalue weighted by Gasteiger charge is -2.10. The van der Waals surface area contributed by atoms with E-state index in [2.05, 4.69) is 63.6 Å². The average Bonchev–Trinajstić information content (AvgIpc) is 2.60. The lowest BCUT2D eigenvalue weighted by Crippen LogP contribution is -2.26. The first kappa shape index (κ1) is 20.7. The van der Waals surface area contributed by atoms with Crippen LogP contribution in [0.3, 0.4) is 0 Å². The molecular weight excluding hydrogens is 534 g/mol. The summed E-state index contributed by atoms with van der Waals surface area (Å²) in [6.07, 6.45) is 1.53. The van der Waals surface area contributed by atoms with E-state index in [1.54, 1.807) is 26.4 Å². The zero-order valence-electron chi connectivity index (χ0n) is 14.0. The molecule has 2 aromatic carbocycles. The number of rotatable bonds is 7. The van der Waals surface area contributed by atoms with E-state index < -0.39 is 0 Å². The van der Waals surface area contributed by atoms with Gasteiger partial charge in [0.2, 0.25) is 0 Å². The Morgan fingerprint density at radius 2 is 1.73 bits per heavy atom. The maximum absolute atomic E-state index is 11.9. The highest BCUT2D eigenvalue weighted by Gasteiger charge is 2.08. The van der Waals surface area contributed by atoms with Crippen LogP contribution in [0.25, 0.3) is 0 Å². The van der Waals surface area contributed by atoms with Crippen LogP contribution < -0.4 is 20.2 Å². The van der Waals surface area contributed by atoms with Crippen LogP contribution in [0.15, 0.2) is 48.9 Å². The van der Waals surface area contributed by atoms with Crippen molar-refractivity contribution in [2.75, 3.05) is 26.1 Å². The van der Waals surface area contributed by atoms with Crippen LogP contribution in [-0.2, 0) is 4.79 Å². The predicted molar refractivity (Wildman–Crippen MR) is 113 cm³/mol. The zero-order chi connectivity index (χ0) is 19.1. The van der Waals surface area contributed by atoms with Gasteiger partial charge < -0.3 is 14.8 Å². The van der Waals surface area contributed by atoms with Crippen LogP contribution in [0.2, 0.25) is 0 Å². The summed E-state index contributed by atoms with van der Waals surface area (Å²) in [7, 11) is 3.13. The molecule has 0 aromatic heterocycles. The molecule has 0 spiro atoms. The molecular formula is C17H16Br3N3O3. The third-order valence-electron chi connectivity index (χ3n) is 3.24. The van der Waals surface area contributed by atoms with Gasteiger partial charge >= 0.3 is 0 Å². The molecule has 138 valence electrons. The van der Waals surface area contributed by atoms with Crippen LogP contribution in [0.4, 0.5) is 5.69 Å². The standard InChI is InChI=1S/C17H16Br3N3O3/c1-25-14-4-3-10(5-15(14)26-2)8-22-23-16(24)9-21-17-12(19)6-11(18)7-13(17)20/h3-8,21H,9H2,1-2H3,(H,23,24)/b22-8+. The van der Waals surface area contributed by atoms with Crippen LogP contribution >= 0.6 is 47.8 Å². The quantitative estimate of drug-likeness (QED) is 0.392. The summed E-state index contributed by atoms with van der Waals surface area (Å²) < 4.78 is 13.0. The van der Waals surface area contributed by atoms with Gasteiger partial charge in [0.15, 0.2) is 11.5 Å². The fraction of sp³-hybridized carbons (Fsp3) is 0.176. The zero-order valence-corrected chi connectivity index (χ0v) is 18.7. The first-order chi connectivity index (χ1) is 12.4. The molecule has 0 unspecified atom stereocenters. The van der Waals surface area contributed by atoms with E-state index in [9.17, 15) is 4.79 Å². The molecule has 2 aromatic rings. The molecule has 0 heterocycles. The summed E-state index contributed by atoms with van der Waals surface area (Å²) >= 11 is 10.3. The Bertz CT molecular complexity index is 805. The number of ether oxygens (including phenoxy) is 2. The highest BCUT2D eigenvalue weighted by Crippen LogP contribution is 2.34. The van der Waals surface area contributed by atoms with Crippen molar-refractivity contribution in [3.8, 4) is 11.5 Å². The Kier molecular flexibility index (Phi) is 7.92. The van der Waals surface area contributed by atoms with Crippen LogP contribution in [0.5, 0.6) is 11.5 Å². The maximum Gasteiger partial charge on any atom is 0.259 e. The number of hydrogen-bond donors (Lipinski definition) is 2. The Morgan fingerprint density at radius 1 is 1.08 bits per heavy atom. The van der Waals surface area contributed by atoms with Gasteiger partial charge in [0, 0.05) is 13.4 Å². The van der Waals surface area contributed by atoms with Crippen LogP contribution in [0.1, 0.15) is 5.56 Å². The molecule has 0 saturated carbocycles. The van der Waals surface area contributed by atoms with E-state index in [0.29, 0.717) is 11.5 Å². The van der Waals surface area contributed by atoms with E-state index in [1.165, 1.54) is 6.21 Å². The summed E-state index contributed by atoms with van der Waals surface area (Å²) in [6.45, 7) is 0.0715. The van der Waals surface area contributed by atoms with Crippen molar-refractivity contribution >= 4 is 65.6 Å². The van der Waals surface area contributed by atoms with E-state index in [0.717, 1.165) is 24.7 Å². The minimum atomic E-state index is -0.275. The van der Waals surface area contributed by atoms with Crippen LogP contribution in [-0.4, -0.2) is 32.9 Å². The third kappa shape index (κ3) is 5.72. The number of benzene rings is 2. The number of nitrogens with one attached hydrogen (secondary N) is 2. The van der Waals surface area contributed by atoms with Crippen molar-refractivity contribution in [3.63, 3.8) is 0 Å². The fourth-order valence-electron chi connectivity index (χ4n) is 2.03. The second kappa shape index (κ2) is 9.94. The topological polar surface area (TPSA) is 72.0 Å². The maximum atomic E-state index is 11.9. The highest BCUT2D eigenvalue weighted by molar-refractivity contribution is 9.11. The molecule has 0 fully saturated rings. The van der Waals surface area contributed by atoms with Gasteiger partial charge in [-0.1, -0.05) is 15.9 Å². The molecule has 6 nitrogen and oxygen atoms in total. The van der Waals surface area contributed by atoms with Gasteiger partial charge in [-0.25, -0.2) is 5.43 Å². The molecule has 2 rings (SSSR count). The molecule has 0 saturated heterocycles. The number of methoxy groups -OCH3 is 2. The van der Waals surface area contributed by atoms with Crippen molar-refractivity contribution in [2.45, 2.75) is 0 Å². The molecule has 0 aliphatic carbocycles. The molecule has 2 N–H and O–H groups in total. The largest absolute Gasteiger partial charge is 0.493 e. The van der Waals surface area contributed by atoms with Crippen molar-refractivity contribution < 1.29 is 14.3 Å². The minimum absolute atomic E-state index is 0.0715. The molecule has 0 radical (unpaired) electrons. The molecule has 0 atom stereocenters. The number of hydrogen-bond acceptors (Lipinski definition) is 5. The van der Waals surface area contributed by atoms with Gasteiger partial charge in [0.25, 0.3) is 5.91 Å². The second-order valence-corrected chi connectivity index (χ2v) is 7.63.